The van der Waals surface area contributed by atoms with Crippen molar-refractivity contribution in [1.29, 1.82) is 0 Å². The van der Waals surface area contributed by atoms with Gasteiger partial charge in [0.25, 0.3) is 5.91 Å². The number of aryl methyl sites for hydroxylation is 3. The lowest BCUT2D eigenvalue weighted by atomic mass is 10.0. The van der Waals surface area contributed by atoms with E-state index in [-0.39, 0.29) is 31.0 Å². The number of halogens is 1. The molecule has 0 aromatic heterocycles. The third-order valence-electron chi connectivity index (χ3n) is 4.26. The van der Waals surface area contributed by atoms with Crippen molar-refractivity contribution in [2.24, 2.45) is 11.7 Å². The maximum Gasteiger partial charge on any atom is 0.258 e. The number of amides is 1. The van der Waals surface area contributed by atoms with E-state index in [1.54, 1.807) is 0 Å². The van der Waals surface area contributed by atoms with Gasteiger partial charge in [-0.3, -0.25) is 4.79 Å². The molecule has 4 nitrogen and oxygen atoms in total. The normalized spacial score (nSPS) is 20.4. The molecule has 22 heavy (non-hydrogen) atoms. The van der Waals surface area contributed by atoms with Gasteiger partial charge in [-0.05, 0) is 57.2 Å². The van der Waals surface area contributed by atoms with E-state index in [0.717, 1.165) is 36.1 Å². The zero-order valence-corrected chi connectivity index (χ0v) is 14.5. The molecule has 2 rings (SSSR count). The first-order valence-corrected chi connectivity index (χ1v) is 7.71. The topological polar surface area (TPSA) is 64.3 Å². The summed E-state index contributed by atoms with van der Waals surface area (Å²) in [6.07, 6.45) is 3.28. The molecule has 0 aliphatic heterocycles. The molecule has 1 fully saturated rings. The standard InChI is InChI=1S/C17H26N2O2.ClH/c1-11-7-12(2)17(13(3)8-11)21-10-16(20)19-15-6-4-5-14(15)9-18;/h7-8,14-15H,4-6,9-10,18H2,1-3H3,(H,19,20);1H. The van der Waals surface area contributed by atoms with E-state index < -0.39 is 0 Å². The van der Waals surface area contributed by atoms with Crippen LogP contribution in [0.5, 0.6) is 5.75 Å². The summed E-state index contributed by atoms with van der Waals surface area (Å²) in [5, 5.41) is 3.06. The lowest BCUT2D eigenvalue weighted by Gasteiger charge is -2.20. The molecule has 124 valence electrons. The van der Waals surface area contributed by atoms with Gasteiger partial charge in [-0.25, -0.2) is 0 Å². The maximum atomic E-state index is 12.0. The fourth-order valence-electron chi connectivity index (χ4n) is 3.29. The molecular formula is C17H27ClN2O2. The van der Waals surface area contributed by atoms with Crippen molar-refractivity contribution in [3.8, 4) is 5.75 Å². The minimum atomic E-state index is -0.0558. The van der Waals surface area contributed by atoms with Crippen molar-refractivity contribution in [2.45, 2.75) is 46.1 Å². The molecule has 0 saturated heterocycles. The summed E-state index contributed by atoms with van der Waals surface area (Å²) in [5.41, 5.74) is 9.08. The number of benzene rings is 1. The predicted molar refractivity (Wildman–Crippen MR) is 91.7 cm³/mol. The molecule has 0 radical (unpaired) electrons. The Balaban J connectivity index is 0.00000242. The summed E-state index contributed by atoms with van der Waals surface area (Å²) in [5.74, 6) is 1.18. The van der Waals surface area contributed by atoms with Crippen LogP contribution in [0.1, 0.15) is 36.0 Å². The van der Waals surface area contributed by atoms with Crippen molar-refractivity contribution in [2.75, 3.05) is 13.2 Å². The van der Waals surface area contributed by atoms with E-state index in [9.17, 15) is 4.79 Å². The minimum Gasteiger partial charge on any atom is -0.483 e. The fourth-order valence-corrected chi connectivity index (χ4v) is 3.29. The summed E-state index contributed by atoms with van der Waals surface area (Å²) in [4.78, 5) is 12.0. The summed E-state index contributed by atoms with van der Waals surface area (Å²) in [6, 6.07) is 4.36. The highest BCUT2D eigenvalue weighted by Gasteiger charge is 2.27. The number of carbonyl (C=O) groups is 1. The Kier molecular flexibility index (Phi) is 7.17. The Morgan fingerprint density at radius 2 is 1.91 bits per heavy atom. The molecule has 3 N–H and O–H groups in total. The van der Waals surface area contributed by atoms with Crippen LogP contribution in [-0.2, 0) is 4.79 Å². The highest BCUT2D eigenvalue weighted by molar-refractivity contribution is 5.85. The number of nitrogens with two attached hydrogens (primary N) is 1. The third kappa shape index (κ3) is 4.62. The molecular weight excluding hydrogens is 300 g/mol. The van der Waals surface area contributed by atoms with Gasteiger partial charge in [0.1, 0.15) is 5.75 Å². The van der Waals surface area contributed by atoms with E-state index in [1.807, 2.05) is 13.8 Å². The molecule has 0 heterocycles. The number of ether oxygens (including phenoxy) is 1. The van der Waals surface area contributed by atoms with Gasteiger partial charge in [0.15, 0.2) is 6.61 Å². The van der Waals surface area contributed by atoms with Crippen LogP contribution in [-0.4, -0.2) is 25.1 Å². The average molecular weight is 327 g/mol. The highest BCUT2D eigenvalue weighted by atomic mass is 35.5. The first-order chi connectivity index (χ1) is 10.0. The van der Waals surface area contributed by atoms with Crippen LogP contribution in [0.4, 0.5) is 0 Å². The molecule has 1 aliphatic carbocycles. The number of nitrogens with one attached hydrogen (secondary N) is 1. The number of hydrogen-bond donors (Lipinski definition) is 2. The Hall–Kier alpha value is -1.26. The van der Waals surface area contributed by atoms with E-state index in [2.05, 4.69) is 24.4 Å². The van der Waals surface area contributed by atoms with Crippen LogP contribution in [0.2, 0.25) is 0 Å². The fraction of sp³-hybridized carbons (Fsp3) is 0.588. The Bertz CT molecular complexity index is 496. The number of hydrogen-bond acceptors (Lipinski definition) is 3. The summed E-state index contributed by atoms with van der Waals surface area (Å²) < 4.78 is 5.72. The third-order valence-corrected chi connectivity index (χ3v) is 4.26. The SMILES string of the molecule is Cc1cc(C)c(OCC(=O)NC2CCCC2CN)c(C)c1.Cl. The van der Waals surface area contributed by atoms with Gasteiger partial charge in [0.05, 0.1) is 0 Å². The second-order valence-electron chi connectivity index (χ2n) is 6.12. The van der Waals surface area contributed by atoms with Crippen LogP contribution in [0.3, 0.4) is 0 Å². The van der Waals surface area contributed by atoms with E-state index in [0.29, 0.717) is 12.5 Å². The lowest BCUT2D eigenvalue weighted by molar-refractivity contribution is -0.124. The number of rotatable bonds is 5. The van der Waals surface area contributed by atoms with Crippen LogP contribution >= 0.6 is 12.4 Å². The van der Waals surface area contributed by atoms with Crippen molar-refractivity contribution in [3.05, 3.63) is 28.8 Å². The first kappa shape index (κ1) is 18.8. The van der Waals surface area contributed by atoms with Gasteiger partial charge in [0, 0.05) is 6.04 Å². The van der Waals surface area contributed by atoms with E-state index in [4.69, 9.17) is 10.5 Å². The van der Waals surface area contributed by atoms with Crippen molar-refractivity contribution >= 4 is 18.3 Å². The van der Waals surface area contributed by atoms with Crippen LogP contribution in [0.15, 0.2) is 12.1 Å². The summed E-state index contributed by atoms with van der Waals surface area (Å²) >= 11 is 0. The molecule has 5 heteroatoms. The highest BCUT2D eigenvalue weighted by Crippen LogP contribution is 2.25. The van der Waals surface area contributed by atoms with Crippen LogP contribution in [0, 0.1) is 26.7 Å². The summed E-state index contributed by atoms with van der Waals surface area (Å²) in [6.45, 7) is 6.79. The Morgan fingerprint density at radius 1 is 1.27 bits per heavy atom. The molecule has 1 amide bonds. The Labute approximate surface area is 139 Å². The number of carbonyl (C=O) groups excluding carboxylic acids is 1. The van der Waals surface area contributed by atoms with Crippen LogP contribution in [0.25, 0.3) is 0 Å². The van der Waals surface area contributed by atoms with Crippen molar-refractivity contribution in [1.82, 2.24) is 5.32 Å². The van der Waals surface area contributed by atoms with Gasteiger partial charge < -0.3 is 15.8 Å². The van der Waals surface area contributed by atoms with Gasteiger partial charge in [-0.15, -0.1) is 12.4 Å². The molecule has 0 spiro atoms. The predicted octanol–water partition coefficient (Wildman–Crippen LogP) is 2.66. The second-order valence-corrected chi connectivity index (χ2v) is 6.12. The van der Waals surface area contributed by atoms with Gasteiger partial charge in [-0.2, -0.15) is 0 Å². The quantitative estimate of drug-likeness (QED) is 0.874. The first-order valence-electron chi connectivity index (χ1n) is 7.71. The van der Waals surface area contributed by atoms with Crippen molar-refractivity contribution < 1.29 is 9.53 Å². The molecule has 0 bridgehead atoms. The average Bonchev–Trinajstić information content (AvgIpc) is 2.84. The Morgan fingerprint density at radius 3 is 2.50 bits per heavy atom. The zero-order valence-electron chi connectivity index (χ0n) is 13.6. The van der Waals surface area contributed by atoms with Gasteiger partial charge >= 0.3 is 0 Å². The smallest absolute Gasteiger partial charge is 0.258 e. The molecule has 2 atom stereocenters. The molecule has 1 aromatic rings. The van der Waals surface area contributed by atoms with Crippen LogP contribution < -0.4 is 15.8 Å². The monoisotopic (exact) mass is 326 g/mol. The van der Waals surface area contributed by atoms with Gasteiger partial charge in [0.2, 0.25) is 0 Å². The largest absolute Gasteiger partial charge is 0.483 e. The molecule has 1 saturated carbocycles. The van der Waals surface area contributed by atoms with E-state index >= 15 is 0 Å². The zero-order chi connectivity index (χ0) is 15.4. The van der Waals surface area contributed by atoms with Crippen molar-refractivity contribution in [3.63, 3.8) is 0 Å². The van der Waals surface area contributed by atoms with Gasteiger partial charge in [-0.1, -0.05) is 24.1 Å². The van der Waals surface area contributed by atoms with E-state index in [1.165, 1.54) is 5.56 Å². The maximum absolute atomic E-state index is 12.0. The minimum absolute atomic E-state index is 0. The summed E-state index contributed by atoms with van der Waals surface area (Å²) in [7, 11) is 0. The lowest BCUT2D eigenvalue weighted by Crippen LogP contribution is -2.42. The molecule has 1 aromatic carbocycles. The molecule has 1 aliphatic rings. The molecule has 2 unspecified atom stereocenters. The second kappa shape index (κ2) is 8.39.